The number of pyridine rings is 1. The van der Waals surface area contributed by atoms with Crippen molar-refractivity contribution in [1.29, 1.82) is 0 Å². The summed E-state index contributed by atoms with van der Waals surface area (Å²) in [5.41, 5.74) is 3.91. The zero-order chi connectivity index (χ0) is 29.0. The number of piperidine rings is 1. The quantitative estimate of drug-likeness (QED) is 0.288. The van der Waals surface area contributed by atoms with Gasteiger partial charge in [0.1, 0.15) is 16.8 Å². The molecule has 5 rings (SSSR count). The lowest BCUT2D eigenvalue weighted by Gasteiger charge is -2.53. The SMILES string of the molecule is Cc1ccc(F)c(S(=O)(=O)Nc2ccc(-c3cc4n[nH]c(C)c4c(OC4CC(C)(C)N(C)C(C)(C)C4)n3)cc2)c1. The Bertz CT molecular complexity index is 1660. The fraction of sp³-hybridized carbons (Fsp3) is 0.400. The molecule has 1 aliphatic rings. The number of ether oxygens (including phenoxy) is 1. The monoisotopic (exact) mass is 565 g/mol. The second kappa shape index (κ2) is 9.85. The van der Waals surface area contributed by atoms with Crippen molar-refractivity contribution in [3.8, 4) is 17.1 Å². The molecule has 10 heteroatoms. The van der Waals surface area contributed by atoms with Gasteiger partial charge < -0.3 is 4.74 Å². The van der Waals surface area contributed by atoms with Crippen LogP contribution >= 0.6 is 0 Å². The Labute approximate surface area is 235 Å². The highest BCUT2D eigenvalue weighted by atomic mass is 32.2. The van der Waals surface area contributed by atoms with E-state index in [9.17, 15) is 12.8 Å². The number of H-pyrrole nitrogens is 1. The molecule has 2 aromatic heterocycles. The summed E-state index contributed by atoms with van der Waals surface area (Å²) in [5, 5.41) is 8.36. The molecule has 0 radical (unpaired) electrons. The van der Waals surface area contributed by atoms with Crippen LogP contribution in [0.1, 0.15) is 51.8 Å². The van der Waals surface area contributed by atoms with Crippen molar-refractivity contribution in [3.63, 3.8) is 0 Å². The third-order valence-electron chi connectivity index (χ3n) is 8.04. The first-order chi connectivity index (χ1) is 18.7. The van der Waals surface area contributed by atoms with E-state index in [1.807, 2.05) is 13.0 Å². The van der Waals surface area contributed by atoms with Gasteiger partial charge >= 0.3 is 0 Å². The number of likely N-dealkylation sites (tertiary alicyclic amines) is 1. The van der Waals surface area contributed by atoms with Crippen LogP contribution in [0.4, 0.5) is 10.1 Å². The van der Waals surface area contributed by atoms with Crippen molar-refractivity contribution in [2.45, 2.75) is 76.5 Å². The highest BCUT2D eigenvalue weighted by molar-refractivity contribution is 7.92. The Kier molecular flexibility index (Phi) is 6.90. The number of halogens is 1. The maximum Gasteiger partial charge on any atom is 0.264 e. The number of aromatic nitrogens is 3. The van der Waals surface area contributed by atoms with Gasteiger partial charge in [-0.05, 0) is 84.5 Å². The summed E-state index contributed by atoms with van der Waals surface area (Å²) in [5.74, 6) is -0.273. The molecule has 2 N–H and O–H groups in total. The van der Waals surface area contributed by atoms with Crippen molar-refractivity contribution in [2.24, 2.45) is 0 Å². The highest BCUT2D eigenvalue weighted by Gasteiger charge is 2.44. The Morgan fingerprint density at radius 2 is 1.68 bits per heavy atom. The van der Waals surface area contributed by atoms with E-state index in [1.165, 1.54) is 12.1 Å². The minimum Gasteiger partial charge on any atom is -0.474 e. The molecule has 1 saturated heterocycles. The molecule has 8 nitrogen and oxygen atoms in total. The predicted molar refractivity (Wildman–Crippen MR) is 156 cm³/mol. The molecule has 0 saturated carbocycles. The molecular formula is C30H36FN5O3S. The summed E-state index contributed by atoms with van der Waals surface area (Å²) in [6.07, 6.45) is 1.68. The van der Waals surface area contributed by atoms with Crippen molar-refractivity contribution < 1.29 is 17.5 Å². The maximum atomic E-state index is 14.2. The van der Waals surface area contributed by atoms with E-state index >= 15 is 0 Å². The Hall–Kier alpha value is -3.50. The molecular weight excluding hydrogens is 529 g/mol. The molecule has 0 atom stereocenters. The molecule has 0 spiro atoms. The fourth-order valence-electron chi connectivity index (χ4n) is 5.64. The number of fused-ring (bicyclic) bond motifs is 1. The molecule has 212 valence electrons. The Balaban J connectivity index is 1.44. The number of hydrogen-bond acceptors (Lipinski definition) is 6. The number of aromatic amines is 1. The first-order valence-electron chi connectivity index (χ1n) is 13.3. The van der Waals surface area contributed by atoms with Gasteiger partial charge in [-0.25, -0.2) is 17.8 Å². The maximum absolute atomic E-state index is 14.2. The van der Waals surface area contributed by atoms with Crippen LogP contribution in [0.3, 0.4) is 0 Å². The van der Waals surface area contributed by atoms with E-state index in [1.54, 1.807) is 31.2 Å². The second-order valence-corrected chi connectivity index (χ2v) is 13.7. The first kappa shape index (κ1) is 28.0. The fourth-order valence-corrected chi connectivity index (χ4v) is 6.86. The van der Waals surface area contributed by atoms with Crippen LogP contribution in [0.15, 0.2) is 53.4 Å². The van der Waals surface area contributed by atoms with E-state index < -0.39 is 15.8 Å². The van der Waals surface area contributed by atoms with E-state index in [0.29, 0.717) is 22.8 Å². The molecule has 1 fully saturated rings. The standard InChI is InChI=1S/C30H36FN5O3S/c1-18-8-13-23(31)26(14-18)40(37,38)35-21-11-9-20(10-12-21)24-15-25-27(19(2)33-34-25)28(32-24)39-22-16-29(3,4)36(7)30(5,6)17-22/h8-15,22,35H,16-17H2,1-7H3,(H,33,34). The number of nitrogens with one attached hydrogen (secondary N) is 2. The Morgan fingerprint density at radius 1 is 1.02 bits per heavy atom. The van der Waals surface area contributed by atoms with Crippen LogP contribution in [0.5, 0.6) is 5.88 Å². The van der Waals surface area contributed by atoms with Gasteiger partial charge in [-0.2, -0.15) is 5.10 Å². The summed E-state index contributed by atoms with van der Waals surface area (Å²) < 4.78 is 49.0. The summed E-state index contributed by atoms with van der Waals surface area (Å²) in [4.78, 5) is 6.92. The molecule has 40 heavy (non-hydrogen) atoms. The normalized spacial score (nSPS) is 17.7. The number of hydrogen-bond donors (Lipinski definition) is 2. The summed E-state index contributed by atoms with van der Waals surface area (Å²) in [7, 11) is -1.93. The minimum atomic E-state index is -4.09. The first-order valence-corrected chi connectivity index (χ1v) is 14.8. The number of nitrogens with zero attached hydrogens (tertiary/aromatic N) is 3. The van der Waals surface area contributed by atoms with Gasteiger partial charge in [0, 0.05) is 40.9 Å². The van der Waals surface area contributed by atoms with Crippen LogP contribution in [0.2, 0.25) is 0 Å². The van der Waals surface area contributed by atoms with Crippen LogP contribution in [-0.4, -0.2) is 52.7 Å². The Morgan fingerprint density at radius 3 is 2.33 bits per heavy atom. The lowest BCUT2D eigenvalue weighted by atomic mass is 9.79. The van der Waals surface area contributed by atoms with Gasteiger partial charge in [0.25, 0.3) is 10.0 Å². The van der Waals surface area contributed by atoms with Crippen LogP contribution in [-0.2, 0) is 10.0 Å². The van der Waals surface area contributed by atoms with Gasteiger partial charge in [-0.3, -0.25) is 14.7 Å². The van der Waals surface area contributed by atoms with Crippen molar-refractivity contribution >= 4 is 26.6 Å². The van der Waals surface area contributed by atoms with E-state index in [0.717, 1.165) is 41.1 Å². The van der Waals surface area contributed by atoms with Crippen LogP contribution < -0.4 is 9.46 Å². The van der Waals surface area contributed by atoms with Crippen molar-refractivity contribution in [1.82, 2.24) is 20.1 Å². The van der Waals surface area contributed by atoms with Gasteiger partial charge in [0.2, 0.25) is 5.88 Å². The number of sulfonamides is 1. The molecule has 0 aliphatic carbocycles. The molecule has 2 aromatic carbocycles. The number of anilines is 1. The van der Waals surface area contributed by atoms with Gasteiger partial charge in [0.15, 0.2) is 0 Å². The average molecular weight is 566 g/mol. The molecule has 0 bridgehead atoms. The van der Waals surface area contributed by atoms with Gasteiger partial charge in [0.05, 0.1) is 16.6 Å². The third-order valence-corrected chi connectivity index (χ3v) is 9.44. The number of rotatable bonds is 6. The summed E-state index contributed by atoms with van der Waals surface area (Å²) in [6.45, 7) is 12.6. The summed E-state index contributed by atoms with van der Waals surface area (Å²) in [6, 6.07) is 12.7. The molecule has 1 aliphatic heterocycles. The highest BCUT2D eigenvalue weighted by Crippen LogP contribution is 2.40. The van der Waals surface area contributed by atoms with E-state index in [-0.39, 0.29) is 22.1 Å². The van der Waals surface area contributed by atoms with Gasteiger partial charge in [-0.1, -0.05) is 18.2 Å². The lowest BCUT2D eigenvalue weighted by Crippen LogP contribution is -2.60. The lowest BCUT2D eigenvalue weighted by molar-refractivity contribution is -0.0562. The molecule has 0 amide bonds. The van der Waals surface area contributed by atoms with Gasteiger partial charge in [-0.15, -0.1) is 0 Å². The largest absolute Gasteiger partial charge is 0.474 e. The van der Waals surface area contributed by atoms with Crippen LogP contribution in [0.25, 0.3) is 22.2 Å². The minimum absolute atomic E-state index is 0.0275. The predicted octanol–water partition coefficient (Wildman–Crippen LogP) is 6.21. The average Bonchev–Trinajstić information content (AvgIpc) is 3.24. The molecule has 4 aromatic rings. The second-order valence-electron chi connectivity index (χ2n) is 12.0. The zero-order valence-corrected chi connectivity index (χ0v) is 24.8. The summed E-state index contributed by atoms with van der Waals surface area (Å²) >= 11 is 0. The van der Waals surface area contributed by atoms with Crippen molar-refractivity contribution in [2.75, 3.05) is 11.8 Å². The van der Waals surface area contributed by atoms with E-state index in [2.05, 4.69) is 54.6 Å². The van der Waals surface area contributed by atoms with E-state index in [4.69, 9.17) is 9.72 Å². The van der Waals surface area contributed by atoms with Crippen LogP contribution in [0, 0.1) is 19.7 Å². The zero-order valence-electron chi connectivity index (χ0n) is 24.0. The smallest absolute Gasteiger partial charge is 0.264 e. The third kappa shape index (κ3) is 5.30. The topological polar surface area (TPSA) is 100 Å². The van der Waals surface area contributed by atoms with Crippen molar-refractivity contribution in [3.05, 3.63) is 65.6 Å². The molecule has 3 heterocycles. The number of benzene rings is 2. The molecule has 0 unspecified atom stereocenters. The number of aryl methyl sites for hydroxylation is 2.